The van der Waals surface area contributed by atoms with Gasteiger partial charge in [-0.15, -0.1) is 0 Å². The van der Waals surface area contributed by atoms with Crippen molar-refractivity contribution in [3.05, 3.63) is 41.0 Å². The van der Waals surface area contributed by atoms with E-state index in [9.17, 15) is 0 Å². The zero-order valence-corrected chi connectivity index (χ0v) is 9.67. The maximum atomic E-state index is 6.23. The van der Waals surface area contributed by atoms with Crippen molar-refractivity contribution in [2.24, 2.45) is 0 Å². The lowest BCUT2D eigenvalue weighted by Crippen LogP contribution is -2.13. The monoisotopic (exact) mass is 232 g/mol. The lowest BCUT2D eigenvalue weighted by molar-refractivity contribution is 0.646. The first kappa shape index (κ1) is 10.1. The van der Waals surface area contributed by atoms with E-state index in [0.717, 1.165) is 29.4 Å². The molecule has 1 aliphatic rings. The van der Waals surface area contributed by atoms with E-state index < -0.39 is 0 Å². The van der Waals surface area contributed by atoms with Crippen molar-refractivity contribution in [3.8, 4) is 0 Å². The van der Waals surface area contributed by atoms with Crippen molar-refractivity contribution in [1.29, 1.82) is 0 Å². The number of hydrogen-bond acceptors (Lipinski definition) is 2. The molecule has 1 atom stereocenters. The van der Waals surface area contributed by atoms with Gasteiger partial charge in [0.05, 0.1) is 5.52 Å². The van der Waals surface area contributed by atoms with Crippen LogP contribution in [-0.2, 0) is 0 Å². The lowest BCUT2D eigenvalue weighted by atomic mass is 10.1. The molecule has 2 nitrogen and oxygen atoms in total. The maximum absolute atomic E-state index is 6.23. The molecule has 16 heavy (non-hydrogen) atoms. The van der Waals surface area contributed by atoms with Crippen molar-refractivity contribution >= 4 is 22.5 Å². The van der Waals surface area contributed by atoms with E-state index >= 15 is 0 Å². The summed E-state index contributed by atoms with van der Waals surface area (Å²) >= 11 is 6.23. The normalized spacial score (nSPS) is 20.4. The van der Waals surface area contributed by atoms with Gasteiger partial charge in [0, 0.05) is 17.0 Å². The van der Waals surface area contributed by atoms with Gasteiger partial charge in [-0.1, -0.05) is 29.8 Å². The van der Waals surface area contributed by atoms with E-state index in [-0.39, 0.29) is 0 Å². The van der Waals surface area contributed by atoms with E-state index in [2.05, 4.69) is 22.4 Å². The number of aromatic nitrogens is 1. The number of rotatable bonds is 1. The van der Waals surface area contributed by atoms with Crippen LogP contribution in [0, 0.1) is 0 Å². The van der Waals surface area contributed by atoms with Crippen LogP contribution in [0.15, 0.2) is 30.3 Å². The molecule has 0 aliphatic carbocycles. The summed E-state index contributed by atoms with van der Waals surface area (Å²) in [6.45, 7) is 1.08. The predicted molar refractivity (Wildman–Crippen MR) is 66.7 cm³/mol. The van der Waals surface area contributed by atoms with Gasteiger partial charge in [0.2, 0.25) is 0 Å². The molecule has 1 aromatic heterocycles. The molecule has 1 saturated heterocycles. The van der Waals surface area contributed by atoms with Gasteiger partial charge in [-0.2, -0.15) is 0 Å². The first-order valence-corrected chi connectivity index (χ1v) is 6.01. The Morgan fingerprint density at radius 1 is 1.31 bits per heavy atom. The quantitative estimate of drug-likeness (QED) is 0.763. The molecule has 0 spiro atoms. The van der Waals surface area contributed by atoms with Crippen LogP contribution >= 0.6 is 11.6 Å². The van der Waals surface area contributed by atoms with Gasteiger partial charge >= 0.3 is 0 Å². The number of para-hydroxylation sites is 1. The molecule has 1 aromatic carbocycles. The highest BCUT2D eigenvalue weighted by Crippen LogP contribution is 2.30. The second-order valence-corrected chi connectivity index (χ2v) is 4.57. The molecule has 0 unspecified atom stereocenters. The van der Waals surface area contributed by atoms with Gasteiger partial charge in [-0.3, -0.25) is 0 Å². The summed E-state index contributed by atoms with van der Waals surface area (Å²) in [5, 5.41) is 5.25. The second kappa shape index (κ2) is 4.04. The highest BCUT2D eigenvalue weighted by molar-refractivity contribution is 6.30. The first-order chi connectivity index (χ1) is 7.84. The average molecular weight is 233 g/mol. The topological polar surface area (TPSA) is 24.9 Å². The summed E-state index contributed by atoms with van der Waals surface area (Å²) in [5.74, 6) is 0. The number of pyridine rings is 1. The zero-order valence-electron chi connectivity index (χ0n) is 8.91. The summed E-state index contributed by atoms with van der Waals surface area (Å²) in [5.41, 5.74) is 2.10. The minimum atomic E-state index is 0.379. The van der Waals surface area contributed by atoms with Crippen molar-refractivity contribution in [2.45, 2.75) is 18.9 Å². The number of benzene rings is 1. The summed E-state index contributed by atoms with van der Waals surface area (Å²) in [6.07, 6.45) is 2.37. The molecule has 1 fully saturated rings. The second-order valence-electron chi connectivity index (χ2n) is 4.21. The molecule has 82 valence electrons. The summed E-state index contributed by atoms with van der Waals surface area (Å²) in [7, 11) is 0. The molecule has 0 bridgehead atoms. The van der Waals surface area contributed by atoms with Gasteiger partial charge in [0.15, 0.2) is 0 Å². The standard InChI is InChI=1S/C13H13ClN2/c14-13-10(12-6-3-7-15-12)8-9-4-1-2-5-11(9)16-13/h1-2,4-5,8,12,15H,3,6-7H2/t12-/m0/s1. The molecule has 0 amide bonds. The fraction of sp³-hybridized carbons (Fsp3) is 0.308. The van der Waals surface area contributed by atoms with Crippen LogP contribution in [0.4, 0.5) is 0 Å². The van der Waals surface area contributed by atoms with E-state index in [1.54, 1.807) is 0 Å². The Hall–Kier alpha value is -1.12. The van der Waals surface area contributed by atoms with Crippen LogP contribution < -0.4 is 5.32 Å². The SMILES string of the molecule is Clc1nc2ccccc2cc1[C@@H]1CCCN1. The van der Waals surface area contributed by atoms with Gasteiger partial charge in [-0.05, 0) is 31.5 Å². The van der Waals surface area contributed by atoms with Crippen molar-refractivity contribution in [3.63, 3.8) is 0 Å². The molecule has 1 aliphatic heterocycles. The highest BCUT2D eigenvalue weighted by Gasteiger charge is 2.19. The first-order valence-electron chi connectivity index (χ1n) is 5.63. The Balaban J connectivity index is 2.13. The molecule has 3 rings (SSSR count). The molecule has 0 saturated carbocycles. The van der Waals surface area contributed by atoms with Gasteiger partial charge in [-0.25, -0.2) is 4.98 Å². The Morgan fingerprint density at radius 3 is 3.00 bits per heavy atom. The highest BCUT2D eigenvalue weighted by atomic mass is 35.5. The number of fused-ring (bicyclic) bond motifs is 1. The maximum Gasteiger partial charge on any atom is 0.134 e. The largest absolute Gasteiger partial charge is 0.310 e. The Labute approximate surface area is 99.6 Å². The van der Waals surface area contributed by atoms with Crippen LogP contribution in [0.2, 0.25) is 5.15 Å². The number of nitrogens with one attached hydrogen (secondary N) is 1. The van der Waals surface area contributed by atoms with E-state index in [1.165, 1.54) is 6.42 Å². The van der Waals surface area contributed by atoms with Gasteiger partial charge < -0.3 is 5.32 Å². The summed E-state index contributed by atoms with van der Waals surface area (Å²) in [6, 6.07) is 10.6. The van der Waals surface area contributed by atoms with Crippen molar-refractivity contribution in [2.75, 3.05) is 6.54 Å². The van der Waals surface area contributed by atoms with Crippen LogP contribution in [-0.4, -0.2) is 11.5 Å². The van der Waals surface area contributed by atoms with Crippen LogP contribution in [0.3, 0.4) is 0 Å². The lowest BCUT2D eigenvalue weighted by Gasteiger charge is -2.12. The fourth-order valence-electron chi connectivity index (χ4n) is 2.30. The van der Waals surface area contributed by atoms with Crippen LogP contribution in [0.25, 0.3) is 10.9 Å². The van der Waals surface area contributed by atoms with Crippen LogP contribution in [0.1, 0.15) is 24.4 Å². The van der Waals surface area contributed by atoms with Crippen molar-refractivity contribution < 1.29 is 0 Å². The smallest absolute Gasteiger partial charge is 0.134 e. The summed E-state index contributed by atoms with van der Waals surface area (Å²) < 4.78 is 0. The Morgan fingerprint density at radius 2 is 2.19 bits per heavy atom. The molecule has 2 heterocycles. The van der Waals surface area contributed by atoms with E-state index in [0.29, 0.717) is 11.2 Å². The molecular formula is C13H13ClN2. The number of nitrogens with zero attached hydrogens (tertiary/aromatic N) is 1. The number of hydrogen-bond donors (Lipinski definition) is 1. The molecule has 2 aromatic rings. The van der Waals surface area contributed by atoms with Gasteiger partial charge in [0.1, 0.15) is 5.15 Å². The molecule has 0 radical (unpaired) electrons. The minimum Gasteiger partial charge on any atom is -0.310 e. The third-order valence-corrected chi connectivity index (χ3v) is 3.44. The summed E-state index contributed by atoms with van der Waals surface area (Å²) in [4.78, 5) is 4.45. The predicted octanol–water partition coefficient (Wildman–Crippen LogP) is 3.31. The zero-order chi connectivity index (χ0) is 11.0. The average Bonchev–Trinajstić information content (AvgIpc) is 2.81. The minimum absolute atomic E-state index is 0.379. The van der Waals surface area contributed by atoms with Crippen molar-refractivity contribution in [1.82, 2.24) is 10.3 Å². The Bertz CT molecular complexity index is 518. The molecule has 3 heteroatoms. The third kappa shape index (κ3) is 1.68. The fourth-order valence-corrected chi connectivity index (χ4v) is 2.58. The van der Waals surface area contributed by atoms with Gasteiger partial charge in [0.25, 0.3) is 0 Å². The van der Waals surface area contributed by atoms with E-state index in [1.807, 2.05) is 18.2 Å². The Kier molecular flexibility index (Phi) is 2.54. The van der Waals surface area contributed by atoms with E-state index in [4.69, 9.17) is 11.6 Å². The molecular weight excluding hydrogens is 220 g/mol. The number of halogens is 1. The van der Waals surface area contributed by atoms with Crippen LogP contribution in [0.5, 0.6) is 0 Å². The molecule has 1 N–H and O–H groups in total. The third-order valence-electron chi connectivity index (χ3n) is 3.14.